The monoisotopic (exact) mass is 126 g/mol. The zero-order valence-electron chi connectivity index (χ0n) is 3.19. The Labute approximate surface area is 42.5 Å². The molecule has 1 atom stereocenters. The van der Waals surface area contributed by atoms with E-state index in [1.807, 2.05) is 0 Å². The molecule has 0 aliphatic rings. The molecule has 0 aromatic carbocycles. The van der Waals surface area contributed by atoms with Crippen molar-refractivity contribution in [1.29, 1.82) is 0 Å². The average molecular weight is 126 g/mol. The lowest BCUT2D eigenvalue weighted by molar-refractivity contribution is -0.130. The number of hydrogen-bond acceptors (Lipinski definition) is 2. The van der Waals surface area contributed by atoms with Gasteiger partial charge in [-0.05, 0) is 0 Å². The molecular weight excluding hydrogens is 122 g/mol. The molecule has 0 saturated carbocycles. The Morgan fingerprint density at radius 2 is 2.50 bits per heavy atom. The van der Waals surface area contributed by atoms with E-state index in [2.05, 4.69) is 4.52 Å². The van der Waals surface area contributed by atoms with Crippen LogP contribution < -0.4 is 0 Å². The molecule has 4 heteroatoms. The molecule has 0 aliphatic carbocycles. The predicted octanol–water partition coefficient (Wildman–Crippen LogP) is 1.30. The van der Waals surface area contributed by atoms with Crippen LogP contribution in [0.15, 0.2) is 0 Å². The molecule has 0 amide bonds. The standard InChI is InChI=1S/C2H4ClO2P/c1-2(4)5-6-3/h6H,1H3. The van der Waals surface area contributed by atoms with Gasteiger partial charge in [0.15, 0.2) is 8.16 Å². The Hall–Kier alpha value is 0.190. The molecule has 0 aromatic rings. The molecular formula is C2H4ClO2P. The normalized spacial score (nSPS) is 9.67. The van der Waals surface area contributed by atoms with Crippen molar-refractivity contribution in [3.63, 3.8) is 0 Å². The summed E-state index contributed by atoms with van der Waals surface area (Å²) < 4.78 is 4.20. The van der Waals surface area contributed by atoms with Crippen molar-refractivity contribution in [1.82, 2.24) is 0 Å². The van der Waals surface area contributed by atoms with Crippen LogP contribution in [0.2, 0.25) is 0 Å². The fourth-order valence-electron chi connectivity index (χ4n) is 0.0543. The molecule has 0 rings (SSSR count). The molecule has 6 heavy (non-hydrogen) atoms. The molecule has 0 radical (unpaired) electrons. The van der Waals surface area contributed by atoms with E-state index in [9.17, 15) is 4.79 Å². The first-order valence-corrected chi connectivity index (χ1v) is 3.22. The van der Waals surface area contributed by atoms with Crippen molar-refractivity contribution in [2.45, 2.75) is 6.92 Å². The van der Waals surface area contributed by atoms with E-state index in [-0.39, 0.29) is 14.1 Å². The number of rotatable bonds is 1. The molecule has 0 N–H and O–H groups in total. The number of halogens is 1. The second-order valence-corrected chi connectivity index (χ2v) is 1.49. The molecule has 0 bridgehead atoms. The molecule has 0 heterocycles. The molecule has 36 valence electrons. The van der Waals surface area contributed by atoms with E-state index >= 15 is 0 Å². The lowest BCUT2D eigenvalue weighted by Gasteiger charge is -1.86. The van der Waals surface area contributed by atoms with Gasteiger partial charge in [-0.2, -0.15) is 0 Å². The Bertz CT molecular complexity index is 55.5. The highest BCUT2D eigenvalue weighted by atomic mass is 35.7. The van der Waals surface area contributed by atoms with Gasteiger partial charge in [0.1, 0.15) is 0 Å². The van der Waals surface area contributed by atoms with Gasteiger partial charge >= 0.3 is 5.97 Å². The van der Waals surface area contributed by atoms with Crippen molar-refractivity contribution in [3.05, 3.63) is 0 Å². The maximum Gasteiger partial charge on any atom is 0.306 e. The summed E-state index contributed by atoms with van der Waals surface area (Å²) in [5.74, 6) is -0.330. The van der Waals surface area contributed by atoms with Crippen LogP contribution in [0.25, 0.3) is 0 Å². The third-order valence-electron chi connectivity index (χ3n) is 0.182. The van der Waals surface area contributed by atoms with Crippen LogP contribution in [0.5, 0.6) is 0 Å². The van der Waals surface area contributed by atoms with Gasteiger partial charge in [-0.3, -0.25) is 4.79 Å². The van der Waals surface area contributed by atoms with Gasteiger partial charge in [0, 0.05) is 6.92 Å². The van der Waals surface area contributed by atoms with Crippen molar-refractivity contribution in [3.8, 4) is 0 Å². The molecule has 0 aliphatic heterocycles. The predicted molar refractivity (Wildman–Crippen MR) is 25.9 cm³/mol. The van der Waals surface area contributed by atoms with Crippen LogP contribution in [-0.2, 0) is 9.32 Å². The molecule has 0 fully saturated rings. The van der Waals surface area contributed by atoms with Crippen LogP contribution in [-0.4, -0.2) is 5.97 Å². The SMILES string of the molecule is CC(=O)OPCl. The fourth-order valence-corrected chi connectivity index (χ4v) is 0.489. The largest absolute Gasteiger partial charge is 0.431 e. The molecule has 2 nitrogen and oxygen atoms in total. The first kappa shape index (κ1) is 6.19. The van der Waals surface area contributed by atoms with E-state index in [1.165, 1.54) is 6.92 Å². The van der Waals surface area contributed by atoms with Crippen molar-refractivity contribution in [2.75, 3.05) is 0 Å². The van der Waals surface area contributed by atoms with Crippen LogP contribution in [0.3, 0.4) is 0 Å². The second-order valence-electron chi connectivity index (χ2n) is 0.671. The van der Waals surface area contributed by atoms with E-state index in [1.54, 1.807) is 0 Å². The quantitative estimate of drug-likeness (QED) is 0.495. The van der Waals surface area contributed by atoms with E-state index in [0.717, 1.165) is 0 Å². The fraction of sp³-hybridized carbons (Fsp3) is 0.500. The van der Waals surface area contributed by atoms with Crippen molar-refractivity contribution < 1.29 is 9.32 Å². The van der Waals surface area contributed by atoms with Gasteiger partial charge in [-0.25, -0.2) is 0 Å². The molecule has 0 saturated heterocycles. The molecule has 0 aromatic heterocycles. The van der Waals surface area contributed by atoms with Gasteiger partial charge < -0.3 is 4.52 Å². The minimum absolute atomic E-state index is 0.239. The zero-order chi connectivity index (χ0) is 4.99. The van der Waals surface area contributed by atoms with Crippen LogP contribution in [0.4, 0.5) is 0 Å². The first-order chi connectivity index (χ1) is 2.77. The van der Waals surface area contributed by atoms with E-state index < -0.39 is 0 Å². The van der Waals surface area contributed by atoms with Gasteiger partial charge in [0.25, 0.3) is 0 Å². The first-order valence-electron chi connectivity index (χ1n) is 1.30. The van der Waals surface area contributed by atoms with E-state index in [0.29, 0.717) is 0 Å². The molecule has 0 spiro atoms. The lowest BCUT2D eigenvalue weighted by Crippen LogP contribution is -1.83. The number of carbonyl (C=O) groups excluding carboxylic acids is 1. The lowest BCUT2D eigenvalue weighted by atomic mass is 10.9. The van der Waals surface area contributed by atoms with Crippen LogP contribution in [0.1, 0.15) is 6.92 Å². The zero-order valence-corrected chi connectivity index (χ0v) is 4.95. The summed E-state index contributed by atoms with van der Waals surface area (Å²) in [5.41, 5.74) is 0. The summed E-state index contributed by atoms with van der Waals surface area (Å²) >= 11 is 4.98. The number of hydrogen-bond donors (Lipinski definition) is 0. The van der Waals surface area contributed by atoms with Crippen molar-refractivity contribution >= 4 is 25.4 Å². The third-order valence-corrected chi connectivity index (χ3v) is 0.778. The average Bonchev–Trinajstić information content (AvgIpc) is 1.35. The minimum atomic E-state index is -0.330. The van der Waals surface area contributed by atoms with Gasteiger partial charge in [-0.1, -0.05) is 11.2 Å². The summed E-state index contributed by atoms with van der Waals surface area (Å²) in [6, 6.07) is 0. The Morgan fingerprint density at radius 1 is 2.00 bits per heavy atom. The van der Waals surface area contributed by atoms with Gasteiger partial charge in [-0.15, -0.1) is 0 Å². The maximum absolute atomic E-state index is 9.74. The minimum Gasteiger partial charge on any atom is -0.431 e. The van der Waals surface area contributed by atoms with Crippen LogP contribution >= 0.6 is 19.4 Å². The van der Waals surface area contributed by atoms with Gasteiger partial charge in [0.05, 0.1) is 0 Å². The van der Waals surface area contributed by atoms with E-state index in [4.69, 9.17) is 11.2 Å². The third kappa shape index (κ3) is 4.19. The maximum atomic E-state index is 9.74. The summed E-state index contributed by atoms with van der Waals surface area (Å²) in [7, 11) is -0.239. The highest BCUT2D eigenvalue weighted by Crippen LogP contribution is 2.16. The Kier molecular flexibility index (Phi) is 3.49. The van der Waals surface area contributed by atoms with Crippen molar-refractivity contribution in [2.24, 2.45) is 0 Å². The topological polar surface area (TPSA) is 26.3 Å². The number of carbonyl (C=O) groups is 1. The molecule has 1 unspecified atom stereocenters. The highest BCUT2D eigenvalue weighted by molar-refractivity contribution is 7.64. The Morgan fingerprint density at radius 3 is 2.50 bits per heavy atom. The summed E-state index contributed by atoms with van der Waals surface area (Å²) in [6.45, 7) is 1.31. The summed E-state index contributed by atoms with van der Waals surface area (Å²) in [5, 5.41) is 0. The van der Waals surface area contributed by atoms with Gasteiger partial charge in [0.2, 0.25) is 0 Å². The summed E-state index contributed by atoms with van der Waals surface area (Å²) in [6.07, 6.45) is 0. The highest BCUT2D eigenvalue weighted by Gasteiger charge is 1.83. The smallest absolute Gasteiger partial charge is 0.306 e. The Balaban J connectivity index is 2.83. The van der Waals surface area contributed by atoms with Crippen LogP contribution in [0, 0.1) is 0 Å². The summed E-state index contributed by atoms with van der Waals surface area (Å²) in [4.78, 5) is 9.74. The second kappa shape index (κ2) is 3.38.